The molecule has 0 aromatic heterocycles. The molecule has 0 saturated carbocycles. The molecule has 2 aliphatic carbocycles. The van der Waals surface area contributed by atoms with Crippen LogP contribution in [0.4, 0.5) is 0 Å². The van der Waals surface area contributed by atoms with Crippen LogP contribution in [0.3, 0.4) is 0 Å². The summed E-state index contributed by atoms with van der Waals surface area (Å²) in [5.74, 6) is 0. The first-order valence-corrected chi connectivity index (χ1v) is 16.8. The Labute approximate surface area is 244 Å². The summed E-state index contributed by atoms with van der Waals surface area (Å²) in [7, 11) is 0. The monoisotopic (exact) mass is 606 g/mol. The summed E-state index contributed by atoms with van der Waals surface area (Å²) in [5, 5.41) is 0. The number of allylic oxidation sites excluding steroid dienone is 4. The molecular formula is C34H38Cl2Zr. The van der Waals surface area contributed by atoms with E-state index in [0.29, 0.717) is 3.63 Å². The molecule has 0 fully saturated rings. The molecule has 5 rings (SSSR count). The van der Waals surface area contributed by atoms with Gasteiger partial charge in [-0.3, -0.25) is 0 Å². The minimum atomic E-state index is -2.31. The molecule has 2 aliphatic rings. The van der Waals surface area contributed by atoms with Gasteiger partial charge in [-0.15, -0.1) is 0 Å². The van der Waals surface area contributed by atoms with Crippen LogP contribution in [0, 0.1) is 0 Å². The maximum atomic E-state index is 2.51. The van der Waals surface area contributed by atoms with E-state index in [1.807, 2.05) is 0 Å². The summed E-state index contributed by atoms with van der Waals surface area (Å²) in [6.45, 7) is 16.4. The average molecular weight is 609 g/mol. The first-order valence-electron chi connectivity index (χ1n) is 13.0. The molecule has 192 valence electrons. The maximum absolute atomic E-state index is 2.51. The van der Waals surface area contributed by atoms with Crippen molar-refractivity contribution in [3.63, 3.8) is 0 Å². The summed E-state index contributed by atoms with van der Waals surface area (Å²) in [4.78, 5) is 0. The molecule has 0 heterocycles. The summed E-state index contributed by atoms with van der Waals surface area (Å²) < 4.78 is 3.90. The van der Waals surface area contributed by atoms with Crippen LogP contribution in [-0.2, 0) is 32.1 Å². The Kier molecular flexibility index (Phi) is 9.17. The fraction of sp³-hybridized carbons (Fsp3) is 0.324. The van der Waals surface area contributed by atoms with Crippen LogP contribution in [0.25, 0.3) is 11.1 Å². The third-order valence-electron chi connectivity index (χ3n) is 7.77. The molecule has 0 atom stereocenters. The van der Waals surface area contributed by atoms with E-state index in [1.165, 1.54) is 27.8 Å². The zero-order chi connectivity index (χ0) is 25.0. The van der Waals surface area contributed by atoms with Gasteiger partial charge in [-0.2, -0.15) is 0 Å². The number of rotatable bonds is 3. The van der Waals surface area contributed by atoms with E-state index in [9.17, 15) is 0 Å². The SMILES string of the molecule is C/[C](c1ccccc1)=[Zr+2](/[C]1=CC=CC1)[CH]1c2ccc(C(C)(C)C)cc2-c2cc(C(C)(C)C)ccc21.[Cl-].[Cl-]. The third kappa shape index (κ3) is 5.76. The van der Waals surface area contributed by atoms with E-state index < -0.39 is 21.3 Å². The Morgan fingerprint density at radius 2 is 1.24 bits per heavy atom. The number of hydrogen-bond donors (Lipinski definition) is 0. The van der Waals surface area contributed by atoms with E-state index in [0.717, 1.165) is 6.42 Å². The molecule has 0 bridgehead atoms. The molecule has 0 spiro atoms. The minimum Gasteiger partial charge on any atom is -1.00 e. The molecule has 0 amide bonds. The van der Waals surface area contributed by atoms with Crippen molar-refractivity contribution < 1.29 is 46.1 Å². The first-order chi connectivity index (χ1) is 16.6. The van der Waals surface area contributed by atoms with Crippen molar-refractivity contribution >= 4 is 3.21 Å². The van der Waals surface area contributed by atoms with Crippen molar-refractivity contribution in [2.45, 2.75) is 69.3 Å². The van der Waals surface area contributed by atoms with Crippen molar-refractivity contribution in [2.75, 3.05) is 0 Å². The average Bonchev–Trinajstić information content (AvgIpc) is 3.45. The Bertz CT molecular complexity index is 1320. The summed E-state index contributed by atoms with van der Waals surface area (Å²) >= 11 is -2.31. The van der Waals surface area contributed by atoms with Crippen molar-refractivity contribution in [3.05, 3.63) is 116 Å². The number of hydrogen-bond acceptors (Lipinski definition) is 0. The summed E-state index contributed by atoms with van der Waals surface area (Å²) in [6.07, 6.45) is 8.22. The molecule has 0 aliphatic heterocycles. The fourth-order valence-electron chi connectivity index (χ4n) is 5.63. The predicted octanol–water partition coefficient (Wildman–Crippen LogP) is 3.06. The van der Waals surface area contributed by atoms with Gasteiger partial charge in [0, 0.05) is 0 Å². The third-order valence-corrected chi connectivity index (χ3v) is 16.0. The maximum Gasteiger partial charge on any atom is -1.00 e. The topological polar surface area (TPSA) is 0 Å². The van der Waals surface area contributed by atoms with Crippen LogP contribution >= 0.6 is 0 Å². The Morgan fingerprint density at radius 3 is 1.68 bits per heavy atom. The molecule has 3 aromatic carbocycles. The standard InChI is InChI=1S/C21H25.C8H8.C5H5.2ClH.Zr/c1-20(2,3)16-9-7-14-11-15-8-10-17(21(4,5)6)13-19(15)18(14)12-16;1-2-8-6-4-3-5-7-8;1-2-4-5-3-1;;;/h7-13H,1-6H3;3-7H,1H3;1-3H,4H2;2*1H;/q;;;;;+2/p-2. The van der Waals surface area contributed by atoms with Crippen molar-refractivity contribution in [2.24, 2.45) is 0 Å². The van der Waals surface area contributed by atoms with Gasteiger partial charge < -0.3 is 24.8 Å². The van der Waals surface area contributed by atoms with Gasteiger partial charge in [0.2, 0.25) is 0 Å². The molecule has 37 heavy (non-hydrogen) atoms. The zero-order valence-corrected chi connectivity index (χ0v) is 27.1. The second-order valence-corrected chi connectivity index (χ2v) is 19.1. The molecule has 3 aromatic rings. The van der Waals surface area contributed by atoms with Crippen molar-refractivity contribution in [1.82, 2.24) is 0 Å². The zero-order valence-electron chi connectivity index (χ0n) is 23.1. The Balaban J connectivity index is 0.00000190. The molecular weight excluding hydrogens is 571 g/mol. The van der Waals surface area contributed by atoms with Gasteiger partial charge in [0.25, 0.3) is 0 Å². The quantitative estimate of drug-likeness (QED) is 0.429. The fourth-order valence-corrected chi connectivity index (χ4v) is 14.2. The van der Waals surface area contributed by atoms with E-state index in [-0.39, 0.29) is 35.6 Å². The van der Waals surface area contributed by atoms with Crippen LogP contribution in [0.1, 0.15) is 86.3 Å². The van der Waals surface area contributed by atoms with Crippen LogP contribution in [0.5, 0.6) is 0 Å². The normalized spacial score (nSPS) is 14.8. The molecule has 0 radical (unpaired) electrons. The van der Waals surface area contributed by atoms with Crippen LogP contribution < -0.4 is 24.8 Å². The Hall–Kier alpha value is -1.53. The van der Waals surface area contributed by atoms with Crippen LogP contribution in [0.15, 0.2) is 88.2 Å². The van der Waals surface area contributed by atoms with Crippen LogP contribution in [-0.4, -0.2) is 3.21 Å². The summed E-state index contributed by atoms with van der Waals surface area (Å²) in [5.41, 5.74) is 10.7. The van der Waals surface area contributed by atoms with Gasteiger partial charge in [0.05, 0.1) is 0 Å². The largest absolute Gasteiger partial charge is 1.00 e. The van der Waals surface area contributed by atoms with Gasteiger partial charge >= 0.3 is 221 Å². The summed E-state index contributed by atoms with van der Waals surface area (Å²) in [6, 6.07) is 26.0. The number of halogens is 2. The van der Waals surface area contributed by atoms with Gasteiger partial charge in [-0.25, -0.2) is 0 Å². The predicted molar refractivity (Wildman–Crippen MR) is 149 cm³/mol. The molecule has 0 N–H and O–H groups in total. The first kappa shape index (κ1) is 30.0. The second kappa shape index (κ2) is 11.3. The van der Waals surface area contributed by atoms with Crippen molar-refractivity contribution in [1.29, 1.82) is 0 Å². The van der Waals surface area contributed by atoms with Crippen molar-refractivity contribution in [3.8, 4) is 11.1 Å². The van der Waals surface area contributed by atoms with E-state index in [1.54, 1.807) is 17.6 Å². The Morgan fingerprint density at radius 1 is 0.730 bits per heavy atom. The van der Waals surface area contributed by atoms with Crippen LogP contribution in [0.2, 0.25) is 0 Å². The van der Waals surface area contributed by atoms with E-state index in [2.05, 4.69) is 133 Å². The molecule has 3 heteroatoms. The molecule has 0 saturated heterocycles. The van der Waals surface area contributed by atoms with E-state index in [4.69, 9.17) is 0 Å². The number of benzene rings is 3. The van der Waals surface area contributed by atoms with Gasteiger partial charge in [-0.05, 0) is 0 Å². The minimum absolute atomic E-state index is 0. The van der Waals surface area contributed by atoms with Gasteiger partial charge in [0.15, 0.2) is 0 Å². The molecule has 0 unspecified atom stereocenters. The van der Waals surface area contributed by atoms with E-state index >= 15 is 0 Å². The van der Waals surface area contributed by atoms with Gasteiger partial charge in [-0.1, -0.05) is 0 Å². The second-order valence-electron chi connectivity index (χ2n) is 12.3. The molecule has 0 nitrogen and oxygen atoms in total. The smallest absolute Gasteiger partial charge is 1.00 e. The van der Waals surface area contributed by atoms with Gasteiger partial charge in [0.1, 0.15) is 0 Å². The number of fused-ring (bicyclic) bond motifs is 3.